The number of amides is 2. The molecule has 1 fully saturated rings. The van der Waals surface area contributed by atoms with E-state index in [1.54, 1.807) is 4.90 Å². The summed E-state index contributed by atoms with van der Waals surface area (Å²) < 4.78 is 0. The summed E-state index contributed by atoms with van der Waals surface area (Å²) in [5.74, 6) is -1.79. The van der Waals surface area contributed by atoms with Crippen molar-refractivity contribution >= 4 is 17.8 Å². The van der Waals surface area contributed by atoms with E-state index in [0.717, 1.165) is 17.5 Å². The van der Waals surface area contributed by atoms with Gasteiger partial charge < -0.3 is 15.3 Å². The highest BCUT2D eigenvalue weighted by atomic mass is 16.4. The fourth-order valence-electron chi connectivity index (χ4n) is 3.10. The van der Waals surface area contributed by atoms with Gasteiger partial charge in [0.25, 0.3) is 0 Å². The number of carbonyl (C=O) groups is 3. The van der Waals surface area contributed by atoms with Gasteiger partial charge in [-0.3, -0.25) is 14.4 Å². The van der Waals surface area contributed by atoms with Gasteiger partial charge in [0.2, 0.25) is 11.8 Å². The van der Waals surface area contributed by atoms with Crippen molar-refractivity contribution in [3.8, 4) is 0 Å². The smallest absolute Gasteiger partial charge is 0.308 e. The summed E-state index contributed by atoms with van der Waals surface area (Å²) >= 11 is 0. The van der Waals surface area contributed by atoms with Gasteiger partial charge >= 0.3 is 5.97 Å². The second kappa shape index (κ2) is 8.65. The SMILES string of the molecule is CCCC(CNC(=O)C1CCC(=O)N1Cc1ccc(C)cc1)C(=O)O. The van der Waals surface area contributed by atoms with Crippen LogP contribution in [0.4, 0.5) is 0 Å². The normalized spacial score (nSPS) is 18.2. The van der Waals surface area contributed by atoms with Crippen molar-refractivity contribution in [2.75, 3.05) is 6.54 Å². The number of rotatable bonds is 8. The van der Waals surface area contributed by atoms with E-state index in [0.29, 0.717) is 25.8 Å². The summed E-state index contributed by atoms with van der Waals surface area (Å²) in [7, 11) is 0. The van der Waals surface area contributed by atoms with Gasteiger partial charge in [0.15, 0.2) is 0 Å². The summed E-state index contributed by atoms with van der Waals surface area (Å²) in [5, 5.41) is 11.9. The number of nitrogens with zero attached hydrogens (tertiary/aromatic N) is 1. The van der Waals surface area contributed by atoms with Crippen LogP contribution in [0.5, 0.6) is 0 Å². The van der Waals surface area contributed by atoms with Gasteiger partial charge in [-0.15, -0.1) is 0 Å². The summed E-state index contributed by atoms with van der Waals surface area (Å²) in [6.07, 6.45) is 2.09. The summed E-state index contributed by atoms with van der Waals surface area (Å²) in [4.78, 5) is 37.4. The monoisotopic (exact) mass is 346 g/mol. The van der Waals surface area contributed by atoms with Crippen LogP contribution in [0, 0.1) is 12.8 Å². The van der Waals surface area contributed by atoms with Crippen LogP contribution in [0.3, 0.4) is 0 Å². The molecular formula is C19H26N2O4. The number of hydrogen-bond donors (Lipinski definition) is 2. The highest BCUT2D eigenvalue weighted by molar-refractivity contribution is 5.91. The van der Waals surface area contributed by atoms with Gasteiger partial charge in [0, 0.05) is 19.5 Å². The topological polar surface area (TPSA) is 86.7 Å². The largest absolute Gasteiger partial charge is 0.481 e. The third kappa shape index (κ3) is 5.05. The fraction of sp³-hybridized carbons (Fsp3) is 0.526. The molecule has 0 bridgehead atoms. The summed E-state index contributed by atoms with van der Waals surface area (Å²) in [6, 6.07) is 7.35. The van der Waals surface area contributed by atoms with Crippen LogP contribution in [-0.2, 0) is 20.9 Å². The second-order valence-electron chi connectivity index (χ2n) is 6.63. The minimum Gasteiger partial charge on any atom is -0.481 e. The van der Waals surface area contributed by atoms with E-state index in [9.17, 15) is 19.5 Å². The maximum atomic E-state index is 12.5. The lowest BCUT2D eigenvalue weighted by molar-refractivity contribution is -0.142. The second-order valence-corrected chi connectivity index (χ2v) is 6.63. The molecular weight excluding hydrogens is 320 g/mol. The number of hydrogen-bond acceptors (Lipinski definition) is 3. The van der Waals surface area contributed by atoms with Crippen LogP contribution < -0.4 is 5.32 Å². The molecule has 1 aliphatic rings. The fourth-order valence-corrected chi connectivity index (χ4v) is 3.10. The summed E-state index contributed by atoms with van der Waals surface area (Å²) in [6.45, 7) is 4.41. The lowest BCUT2D eigenvalue weighted by Crippen LogP contribution is -2.46. The van der Waals surface area contributed by atoms with E-state index < -0.39 is 17.9 Å². The van der Waals surface area contributed by atoms with E-state index in [-0.39, 0.29) is 18.4 Å². The van der Waals surface area contributed by atoms with Gasteiger partial charge in [-0.05, 0) is 25.3 Å². The Labute approximate surface area is 148 Å². The Morgan fingerprint density at radius 2 is 2.00 bits per heavy atom. The van der Waals surface area contributed by atoms with Crippen LogP contribution >= 0.6 is 0 Å². The number of aryl methyl sites for hydroxylation is 1. The highest BCUT2D eigenvalue weighted by Crippen LogP contribution is 2.22. The maximum absolute atomic E-state index is 12.5. The molecule has 1 saturated heterocycles. The van der Waals surface area contributed by atoms with Crippen molar-refractivity contribution in [1.29, 1.82) is 0 Å². The van der Waals surface area contributed by atoms with Crippen molar-refractivity contribution in [3.05, 3.63) is 35.4 Å². The first-order chi connectivity index (χ1) is 11.9. The van der Waals surface area contributed by atoms with Gasteiger partial charge in [0.1, 0.15) is 6.04 Å². The zero-order chi connectivity index (χ0) is 18.4. The number of carboxylic acid groups (broad SMARTS) is 1. The molecule has 6 heteroatoms. The van der Waals surface area contributed by atoms with E-state index in [2.05, 4.69) is 5.32 Å². The van der Waals surface area contributed by atoms with Crippen LogP contribution in [0.15, 0.2) is 24.3 Å². The summed E-state index contributed by atoms with van der Waals surface area (Å²) in [5.41, 5.74) is 2.12. The van der Waals surface area contributed by atoms with Crippen molar-refractivity contribution in [2.24, 2.45) is 5.92 Å². The molecule has 25 heavy (non-hydrogen) atoms. The van der Waals surface area contributed by atoms with Gasteiger partial charge in [-0.2, -0.15) is 0 Å². The molecule has 136 valence electrons. The maximum Gasteiger partial charge on any atom is 0.308 e. The third-order valence-electron chi connectivity index (χ3n) is 4.61. The van der Waals surface area contributed by atoms with Crippen molar-refractivity contribution < 1.29 is 19.5 Å². The predicted molar refractivity (Wildman–Crippen MR) is 93.8 cm³/mol. The van der Waals surface area contributed by atoms with E-state index >= 15 is 0 Å². The molecule has 1 aliphatic heterocycles. The molecule has 0 aliphatic carbocycles. The first-order valence-electron chi connectivity index (χ1n) is 8.78. The molecule has 1 aromatic carbocycles. The number of carboxylic acids is 1. The Morgan fingerprint density at radius 3 is 2.60 bits per heavy atom. The van der Waals surface area contributed by atoms with Crippen LogP contribution in [0.25, 0.3) is 0 Å². The zero-order valence-corrected chi connectivity index (χ0v) is 14.8. The zero-order valence-electron chi connectivity index (χ0n) is 14.8. The molecule has 2 N–H and O–H groups in total. The lowest BCUT2D eigenvalue weighted by Gasteiger charge is -2.25. The van der Waals surface area contributed by atoms with Crippen molar-refractivity contribution in [2.45, 2.75) is 52.1 Å². The number of nitrogens with one attached hydrogen (secondary N) is 1. The Bertz CT molecular complexity index is 627. The first-order valence-corrected chi connectivity index (χ1v) is 8.78. The number of aliphatic carboxylic acids is 1. The Morgan fingerprint density at radius 1 is 1.32 bits per heavy atom. The number of carbonyl (C=O) groups excluding carboxylic acids is 2. The van der Waals surface area contributed by atoms with E-state index in [1.807, 2.05) is 38.1 Å². The highest BCUT2D eigenvalue weighted by Gasteiger charge is 2.36. The minimum atomic E-state index is -0.902. The quantitative estimate of drug-likeness (QED) is 0.755. The Kier molecular flexibility index (Phi) is 6.56. The van der Waals surface area contributed by atoms with E-state index in [4.69, 9.17) is 0 Å². The standard InChI is InChI=1S/C19H26N2O4/c1-3-4-15(19(24)25)11-20-18(23)16-9-10-17(22)21(16)12-14-7-5-13(2)6-8-14/h5-8,15-16H,3-4,9-12H2,1-2H3,(H,20,23)(H,24,25). The Balaban J connectivity index is 1.98. The molecule has 1 aromatic rings. The van der Waals surface area contributed by atoms with Crippen molar-refractivity contribution in [3.63, 3.8) is 0 Å². The molecule has 0 saturated carbocycles. The molecule has 2 amide bonds. The third-order valence-corrected chi connectivity index (χ3v) is 4.61. The van der Waals surface area contributed by atoms with Crippen LogP contribution in [-0.4, -0.2) is 40.4 Å². The van der Waals surface area contributed by atoms with Gasteiger partial charge in [0.05, 0.1) is 5.92 Å². The average molecular weight is 346 g/mol. The van der Waals surface area contributed by atoms with Crippen LogP contribution in [0.1, 0.15) is 43.7 Å². The van der Waals surface area contributed by atoms with Gasteiger partial charge in [-0.1, -0.05) is 43.2 Å². The van der Waals surface area contributed by atoms with Gasteiger partial charge in [-0.25, -0.2) is 0 Å². The molecule has 0 spiro atoms. The average Bonchev–Trinajstić information content (AvgIpc) is 2.94. The molecule has 0 radical (unpaired) electrons. The first kappa shape index (κ1) is 19.0. The number of benzene rings is 1. The minimum absolute atomic E-state index is 0.0379. The molecule has 2 rings (SSSR count). The number of likely N-dealkylation sites (tertiary alicyclic amines) is 1. The molecule has 0 aromatic heterocycles. The molecule has 2 atom stereocenters. The molecule has 2 unspecified atom stereocenters. The lowest BCUT2D eigenvalue weighted by atomic mass is 10.0. The van der Waals surface area contributed by atoms with Crippen LogP contribution in [0.2, 0.25) is 0 Å². The Hall–Kier alpha value is -2.37. The van der Waals surface area contributed by atoms with E-state index in [1.165, 1.54) is 0 Å². The predicted octanol–water partition coefficient (Wildman–Crippen LogP) is 2.10. The molecule has 6 nitrogen and oxygen atoms in total. The van der Waals surface area contributed by atoms with Crippen molar-refractivity contribution in [1.82, 2.24) is 10.2 Å². The molecule has 1 heterocycles.